The van der Waals surface area contributed by atoms with Crippen LogP contribution < -0.4 is 15.4 Å². The molecule has 138 valence electrons. The summed E-state index contributed by atoms with van der Waals surface area (Å²) in [6.07, 6.45) is 8.34. The zero-order chi connectivity index (χ0) is 18.2. The van der Waals surface area contributed by atoms with E-state index < -0.39 is 0 Å². The maximum absolute atomic E-state index is 12.4. The van der Waals surface area contributed by atoms with Gasteiger partial charge in [0.05, 0.1) is 7.11 Å². The zero-order valence-electron chi connectivity index (χ0n) is 15.3. The van der Waals surface area contributed by atoms with Gasteiger partial charge in [0.1, 0.15) is 11.4 Å². The van der Waals surface area contributed by atoms with Gasteiger partial charge in [-0.15, -0.1) is 0 Å². The molecule has 0 spiro atoms. The molecule has 5 nitrogen and oxygen atoms in total. The average Bonchev–Trinajstić information content (AvgIpc) is 2.69. The molecular weight excluding hydrogens is 326 g/mol. The highest BCUT2D eigenvalue weighted by atomic mass is 16.5. The van der Waals surface area contributed by atoms with Gasteiger partial charge < -0.3 is 15.4 Å². The summed E-state index contributed by atoms with van der Waals surface area (Å²) in [6, 6.07) is 12.0. The molecule has 2 aromatic rings. The number of carbonyl (C=O) groups excluding carboxylic acids is 1. The summed E-state index contributed by atoms with van der Waals surface area (Å²) in [5, 5.41) is 6.48. The van der Waals surface area contributed by atoms with Gasteiger partial charge in [-0.2, -0.15) is 0 Å². The molecule has 3 rings (SSSR count). The predicted molar refractivity (Wildman–Crippen MR) is 104 cm³/mol. The van der Waals surface area contributed by atoms with Crippen LogP contribution in [0.3, 0.4) is 0 Å². The molecule has 26 heavy (non-hydrogen) atoms. The summed E-state index contributed by atoms with van der Waals surface area (Å²) >= 11 is 0. The number of nitrogens with one attached hydrogen (secondary N) is 2. The zero-order valence-corrected chi connectivity index (χ0v) is 15.3. The summed E-state index contributed by atoms with van der Waals surface area (Å²) in [5.74, 6) is 0.821. The van der Waals surface area contributed by atoms with Gasteiger partial charge in [-0.25, -0.2) is 0 Å². The van der Waals surface area contributed by atoms with Crippen molar-refractivity contribution >= 4 is 11.6 Å². The van der Waals surface area contributed by atoms with Crippen molar-refractivity contribution in [2.45, 2.75) is 44.6 Å². The van der Waals surface area contributed by atoms with Crippen LogP contribution in [-0.4, -0.2) is 30.6 Å². The Hall–Kier alpha value is -2.56. The first-order valence-corrected chi connectivity index (χ1v) is 9.39. The highest BCUT2D eigenvalue weighted by Crippen LogP contribution is 2.19. The highest BCUT2D eigenvalue weighted by Gasteiger charge is 2.17. The Balaban J connectivity index is 1.54. The first-order chi connectivity index (χ1) is 12.8. The van der Waals surface area contributed by atoms with Crippen LogP contribution in [0.25, 0.3) is 0 Å². The molecule has 0 unspecified atom stereocenters. The third kappa shape index (κ3) is 4.97. The minimum atomic E-state index is -0.0784. The maximum Gasteiger partial charge on any atom is 0.270 e. The van der Waals surface area contributed by atoms with Gasteiger partial charge in [0.15, 0.2) is 0 Å². The predicted octanol–water partition coefficient (Wildman–Crippen LogP) is 3.81. The number of pyridine rings is 1. The molecule has 1 saturated carbocycles. The number of carbonyl (C=O) groups is 1. The van der Waals surface area contributed by atoms with E-state index in [4.69, 9.17) is 4.74 Å². The number of methoxy groups -OCH3 is 1. The molecule has 1 aliphatic carbocycles. The first-order valence-electron chi connectivity index (χ1n) is 9.39. The van der Waals surface area contributed by atoms with Gasteiger partial charge in [0, 0.05) is 24.5 Å². The number of anilines is 1. The lowest BCUT2D eigenvalue weighted by atomic mass is 9.95. The topological polar surface area (TPSA) is 63.2 Å². The lowest BCUT2D eigenvalue weighted by Gasteiger charge is -2.22. The van der Waals surface area contributed by atoms with Gasteiger partial charge in [-0.1, -0.05) is 37.5 Å². The van der Waals surface area contributed by atoms with Crippen molar-refractivity contribution < 1.29 is 9.53 Å². The van der Waals surface area contributed by atoms with E-state index in [2.05, 4.69) is 21.7 Å². The number of nitrogens with zero attached hydrogens (tertiary/aromatic N) is 1. The minimum Gasteiger partial charge on any atom is -0.496 e. The molecule has 1 heterocycles. The summed E-state index contributed by atoms with van der Waals surface area (Å²) in [4.78, 5) is 16.7. The second-order valence-electron chi connectivity index (χ2n) is 6.73. The normalized spacial score (nSPS) is 14.7. The third-order valence-electron chi connectivity index (χ3n) is 4.85. The molecule has 1 aliphatic rings. The largest absolute Gasteiger partial charge is 0.496 e. The maximum atomic E-state index is 12.4. The fraction of sp³-hybridized carbons (Fsp3) is 0.429. The summed E-state index contributed by atoms with van der Waals surface area (Å²) in [7, 11) is 1.69. The van der Waals surface area contributed by atoms with Crippen molar-refractivity contribution in [3.8, 4) is 5.75 Å². The Labute approximate surface area is 155 Å². The Morgan fingerprint density at radius 3 is 2.81 bits per heavy atom. The second-order valence-corrected chi connectivity index (χ2v) is 6.73. The number of amides is 1. The molecule has 0 bridgehead atoms. The van der Waals surface area contributed by atoms with Crippen LogP contribution in [0.15, 0.2) is 42.6 Å². The Bertz CT molecular complexity index is 727. The second kappa shape index (κ2) is 9.22. The number of rotatable bonds is 7. The molecule has 0 atom stereocenters. The Morgan fingerprint density at radius 1 is 1.19 bits per heavy atom. The summed E-state index contributed by atoms with van der Waals surface area (Å²) in [6.45, 7) is 0.758. The molecule has 2 N–H and O–H groups in total. The first kappa shape index (κ1) is 18.2. The van der Waals surface area contributed by atoms with E-state index in [9.17, 15) is 4.79 Å². The minimum absolute atomic E-state index is 0.0784. The smallest absolute Gasteiger partial charge is 0.270 e. The van der Waals surface area contributed by atoms with Gasteiger partial charge >= 0.3 is 0 Å². The third-order valence-corrected chi connectivity index (χ3v) is 4.85. The quantitative estimate of drug-likeness (QED) is 0.794. The number of benzene rings is 1. The monoisotopic (exact) mass is 353 g/mol. The van der Waals surface area contributed by atoms with E-state index in [1.807, 2.05) is 30.3 Å². The molecule has 0 aliphatic heterocycles. The van der Waals surface area contributed by atoms with Crippen LogP contribution in [0.5, 0.6) is 5.75 Å². The van der Waals surface area contributed by atoms with Crippen molar-refractivity contribution in [2.24, 2.45) is 0 Å². The van der Waals surface area contributed by atoms with E-state index >= 15 is 0 Å². The lowest BCUT2D eigenvalue weighted by molar-refractivity contribution is 0.0922. The summed E-state index contributed by atoms with van der Waals surface area (Å²) < 4.78 is 5.38. The van der Waals surface area contributed by atoms with Crippen LogP contribution in [-0.2, 0) is 6.42 Å². The molecule has 1 amide bonds. The van der Waals surface area contributed by atoms with Crippen molar-refractivity contribution in [3.05, 3.63) is 53.9 Å². The van der Waals surface area contributed by atoms with E-state index in [0.29, 0.717) is 11.7 Å². The molecule has 0 saturated heterocycles. The highest BCUT2D eigenvalue weighted by molar-refractivity contribution is 5.93. The van der Waals surface area contributed by atoms with Gasteiger partial charge in [0.2, 0.25) is 0 Å². The fourth-order valence-electron chi connectivity index (χ4n) is 3.42. The molecule has 0 radical (unpaired) electrons. The fourth-order valence-corrected chi connectivity index (χ4v) is 3.42. The van der Waals surface area contributed by atoms with Crippen molar-refractivity contribution in [1.82, 2.24) is 10.3 Å². The van der Waals surface area contributed by atoms with Crippen LogP contribution in [0.4, 0.5) is 5.69 Å². The molecular formula is C21H27N3O2. The van der Waals surface area contributed by atoms with Crippen molar-refractivity contribution in [1.29, 1.82) is 0 Å². The Morgan fingerprint density at radius 2 is 2.00 bits per heavy atom. The molecule has 1 aromatic carbocycles. The summed E-state index contributed by atoms with van der Waals surface area (Å²) in [5.41, 5.74) is 2.54. The van der Waals surface area contributed by atoms with Crippen LogP contribution in [0, 0.1) is 0 Å². The molecule has 1 fully saturated rings. The van der Waals surface area contributed by atoms with Crippen LogP contribution >= 0.6 is 0 Å². The van der Waals surface area contributed by atoms with E-state index in [1.165, 1.54) is 19.3 Å². The lowest BCUT2D eigenvalue weighted by Crippen LogP contribution is -2.36. The average molecular weight is 353 g/mol. The van der Waals surface area contributed by atoms with Crippen molar-refractivity contribution in [3.63, 3.8) is 0 Å². The number of hydrogen-bond donors (Lipinski definition) is 2. The number of aromatic nitrogens is 1. The van der Waals surface area contributed by atoms with Gasteiger partial charge in [0.25, 0.3) is 5.91 Å². The standard InChI is InChI=1S/C21H27N3O2/c1-26-20-10-6-5-7-16(20)11-13-22-18-12-14-23-19(15-18)21(25)24-17-8-3-2-4-9-17/h5-7,10,12,14-15,17H,2-4,8-9,11,13H2,1H3,(H,22,23)(H,24,25). The number of para-hydroxylation sites is 1. The molecule has 1 aromatic heterocycles. The van der Waals surface area contributed by atoms with Crippen LogP contribution in [0.1, 0.15) is 48.2 Å². The SMILES string of the molecule is COc1ccccc1CCNc1ccnc(C(=O)NC2CCCCC2)c1. The number of ether oxygens (including phenoxy) is 1. The van der Waals surface area contributed by atoms with Crippen LogP contribution in [0.2, 0.25) is 0 Å². The van der Waals surface area contributed by atoms with Crippen molar-refractivity contribution in [2.75, 3.05) is 19.0 Å². The Kier molecular flexibility index (Phi) is 6.47. The number of hydrogen-bond acceptors (Lipinski definition) is 4. The van der Waals surface area contributed by atoms with Gasteiger partial charge in [-0.3, -0.25) is 9.78 Å². The van der Waals surface area contributed by atoms with Gasteiger partial charge in [-0.05, 0) is 43.0 Å². The van der Waals surface area contributed by atoms with E-state index in [-0.39, 0.29) is 5.91 Å². The van der Waals surface area contributed by atoms with E-state index in [0.717, 1.165) is 42.8 Å². The van der Waals surface area contributed by atoms with E-state index in [1.54, 1.807) is 13.3 Å². The molecule has 5 heteroatoms.